The lowest BCUT2D eigenvalue weighted by Gasteiger charge is -2.10. The smallest absolute Gasteiger partial charge is 0.471 e. The summed E-state index contributed by atoms with van der Waals surface area (Å²) in [5.74, 6) is -4.19. The molecule has 0 aromatic carbocycles. The van der Waals surface area contributed by atoms with E-state index in [2.05, 4.69) is 5.10 Å². The Balaban J connectivity index is 3.08. The van der Waals surface area contributed by atoms with Gasteiger partial charge in [0, 0.05) is 6.54 Å². The van der Waals surface area contributed by atoms with Gasteiger partial charge in [0.25, 0.3) is 0 Å². The number of hydrogen-bond acceptors (Lipinski definition) is 3. The number of carboxylic acids is 1. The van der Waals surface area contributed by atoms with Crippen molar-refractivity contribution in [1.82, 2.24) is 9.78 Å². The Bertz CT molecular complexity index is 453. The topological polar surface area (TPSA) is 84.2 Å². The fourth-order valence-electron chi connectivity index (χ4n) is 1.09. The third-order valence-corrected chi connectivity index (χ3v) is 1.86. The summed E-state index contributed by atoms with van der Waals surface area (Å²) in [7, 11) is 0. The average molecular weight is 251 g/mol. The van der Waals surface area contributed by atoms with E-state index >= 15 is 0 Å². The number of anilines is 1. The molecule has 1 aromatic heterocycles. The molecule has 6 nitrogen and oxygen atoms in total. The number of carbonyl (C=O) groups is 2. The number of alkyl halides is 3. The van der Waals surface area contributed by atoms with E-state index in [4.69, 9.17) is 5.11 Å². The van der Waals surface area contributed by atoms with Crippen LogP contribution in [0.2, 0.25) is 0 Å². The van der Waals surface area contributed by atoms with Gasteiger partial charge in [-0.25, -0.2) is 9.48 Å². The molecule has 0 fully saturated rings. The van der Waals surface area contributed by atoms with Crippen LogP contribution >= 0.6 is 0 Å². The first-order valence-corrected chi connectivity index (χ1v) is 4.44. The third-order valence-electron chi connectivity index (χ3n) is 1.86. The van der Waals surface area contributed by atoms with Crippen LogP contribution in [0.3, 0.4) is 0 Å². The third kappa shape index (κ3) is 2.74. The molecule has 0 aliphatic rings. The van der Waals surface area contributed by atoms with Crippen molar-refractivity contribution >= 4 is 17.7 Å². The van der Waals surface area contributed by atoms with E-state index in [9.17, 15) is 22.8 Å². The minimum atomic E-state index is -5.08. The van der Waals surface area contributed by atoms with E-state index in [1.165, 1.54) is 5.32 Å². The molecule has 94 valence electrons. The van der Waals surface area contributed by atoms with Gasteiger partial charge in [0.05, 0.1) is 6.20 Å². The Morgan fingerprint density at radius 2 is 2.12 bits per heavy atom. The standard InChI is InChI=1S/C8H8F3N3O3/c1-2-14-5(4(3-12-14)6(15)16)13-7(17)8(9,10)11/h3H,2H2,1H3,(H,13,17)(H,15,16). The van der Waals surface area contributed by atoms with E-state index in [0.29, 0.717) is 0 Å². The number of nitrogens with zero attached hydrogens (tertiary/aromatic N) is 2. The Labute approximate surface area is 93.0 Å². The average Bonchev–Trinajstić information content (AvgIpc) is 2.59. The molecule has 0 atom stereocenters. The molecule has 1 heterocycles. The van der Waals surface area contributed by atoms with Gasteiger partial charge in [0.1, 0.15) is 11.4 Å². The predicted octanol–water partition coefficient (Wildman–Crippen LogP) is 1.10. The van der Waals surface area contributed by atoms with E-state index in [1.807, 2.05) is 0 Å². The van der Waals surface area contributed by atoms with Gasteiger partial charge >= 0.3 is 18.1 Å². The van der Waals surface area contributed by atoms with Crippen LogP contribution in [0.5, 0.6) is 0 Å². The fraction of sp³-hybridized carbons (Fsp3) is 0.375. The first-order chi connectivity index (χ1) is 7.77. The molecule has 0 bridgehead atoms. The number of halogens is 3. The fourth-order valence-corrected chi connectivity index (χ4v) is 1.09. The first-order valence-electron chi connectivity index (χ1n) is 4.44. The first kappa shape index (κ1) is 13.0. The Morgan fingerprint density at radius 1 is 1.53 bits per heavy atom. The predicted molar refractivity (Wildman–Crippen MR) is 49.5 cm³/mol. The molecule has 0 aliphatic carbocycles. The Hall–Kier alpha value is -2.06. The summed E-state index contributed by atoms with van der Waals surface area (Å²) in [6.45, 7) is 1.67. The number of aromatic carboxylic acids is 1. The molecule has 0 saturated heterocycles. The zero-order valence-corrected chi connectivity index (χ0v) is 8.58. The number of carbonyl (C=O) groups excluding carboxylic acids is 1. The number of rotatable bonds is 3. The van der Waals surface area contributed by atoms with Gasteiger partial charge < -0.3 is 10.4 Å². The van der Waals surface area contributed by atoms with Gasteiger partial charge in [0.15, 0.2) is 0 Å². The van der Waals surface area contributed by atoms with E-state index < -0.39 is 29.4 Å². The summed E-state index contributed by atoms with van der Waals surface area (Å²) in [6, 6.07) is 0. The molecule has 0 saturated carbocycles. The second-order valence-electron chi connectivity index (χ2n) is 2.98. The summed E-state index contributed by atoms with van der Waals surface area (Å²) in [6.07, 6.45) is -4.21. The highest BCUT2D eigenvalue weighted by molar-refractivity contribution is 6.01. The molecule has 1 aromatic rings. The van der Waals surface area contributed by atoms with Crippen LogP contribution in [0, 0.1) is 0 Å². The molecule has 2 N–H and O–H groups in total. The van der Waals surface area contributed by atoms with Crippen LogP contribution in [-0.2, 0) is 11.3 Å². The number of nitrogens with one attached hydrogen (secondary N) is 1. The van der Waals surface area contributed by atoms with Crippen molar-refractivity contribution in [1.29, 1.82) is 0 Å². The van der Waals surface area contributed by atoms with Crippen molar-refractivity contribution in [2.24, 2.45) is 0 Å². The van der Waals surface area contributed by atoms with Crippen LogP contribution in [0.25, 0.3) is 0 Å². The van der Waals surface area contributed by atoms with Gasteiger partial charge in [-0.05, 0) is 6.92 Å². The van der Waals surface area contributed by atoms with Crippen LogP contribution in [0.1, 0.15) is 17.3 Å². The largest absolute Gasteiger partial charge is 0.477 e. The van der Waals surface area contributed by atoms with Gasteiger partial charge in [-0.1, -0.05) is 0 Å². The summed E-state index contributed by atoms with van der Waals surface area (Å²) in [5.41, 5.74) is -0.496. The van der Waals surface area contributed by atoms with Crippen LogP contribution in [-0.4, -0.2) is 32.9 Å². The molecule has 1 rings (SSSR count). The van der Waals surface area contributed by atoms with Crippen molar-refractivity contribution in [2.45, 2.75) is 19.6 Å². The summed E-state index contributed by atoms with van der Waals surface area (Å²) < 4.78 is 37.0. The molecule has 17 heavy (non-hydrogen) atoms. The highest BCUT2D eigenvalue weighted by Gasteiger charge is 2.39. The van der Waals surface area contributed by atoms with Crippen molar-refractivity contribution in [3.05, 3.63) is 11.8 Å². The number of hydrogen-bond donors (Lipinski definition) is 2. The van der Waals surface area contributed by atoms with Gasteiger partial charge in [-0.15, -0.1) is 0 Å². The van der Waals surface area contributed by atoms with Crippen molar-refractivity contribution in [3.63, 3.8) is 0 Å². The zero-order chi connectivity index (χ0) is 13.2. The second-order valence-corrected chi connectivity index (χ2v) is 2.98. The van der Waals surface area contributed by atoms with Crippen LogP contribution < -0.4 is 5.32 Å². The molecular formula is C8H8F3N3O3. The highest BCUT2D eigenvalue weighted by Crippen LogP contribution is 2.21. The maximum atomic E-state index is 12.0. The van der Waals surface area contributed by atoms with Gasteiger partial charge in [-0.2, -0.15) is 18.3 Å². The maximum absolute atomic E-state index is 12.0. The number of aromatic nitrogens is 2. The normalized spacial score (nSPS) is 11.3. The van der Waals surface area contributed by atoms with Crippen LogP contribution in [0.15, 0.2) is 6.20 Å². The highest BCUT2D eigenvalue weighted by atomic mass is 19.4. The molecule has 0 unspecified atom stereocenters. The van der Waals surface area contributed by atoms with E-state index in [0.717, 1.165) is 10.9 Å². The number of carboxylic acid groups (broad SMARTS) is 1. The molecule has 9 heteroatoms. The maximum Gasteiger partial charge on any atom is 0.471 e. The molecule has 0 spiro atoms. The molecule has 1 amide bonds. The SMILES string of the molecule is CCn1ncc(C(=O)O)c1NC(=O)C(F)(F)F. The summed E-state index contributed by atoms with van der Waals surface area (Å²) in [4.78, 5) is 21.4. The summed E-state index contributed by atoms with van der Waals surface area (Å²) in [5, 5.41) is 13.7. The Morgan fingerprint density at radius 3 is 2.53 bits per heavy atom. The minimum Gasteiger partial charge on any atom is -0.477 e. The minimum absolute atomic E-state index is 0.126. The van der Waals surface area contributed by atoms with E-state index in [1.54, 1.807) is 6.92 Å². The lowest BCUT2D eigenvalue weighted by molar-refractivity contribution is -0.167. The van der Waals surface area contributed by atoms with Gasteiger partial charge in [0.2, 0.25) is 0 Å². The van der Waals surface area contributed by atoms with Crippen molar-refractivity contribution < 1.29 is 27.9 Å². The molecule has 0 aliphatic heterocycles. The van der Waals surface area contributed by atoms with Crippen LogP contribution in [0.4, 0.5) is 19.0 Å². The number of amides is 1. The van der Waals surface area contributed by atoms with Crippen molar-refractivity contribution in [3.8, 4) is 0 Å². The zero-order valence-electron chi connectivity index (χ0n) is 8.58. The molecular weight excluding hydrogens is 243 g/mol. The molecule has 0 radical (unpaired) electrons. The van der Waals surface area contributed by atoms with Crippen molar-refractivity contribution in [2.75, 3.05) is 5.32 Å². The number of aryl methyl sites for hydroxylation is 1. The summed E-state index contributed by atoms with van der Waals surface area (Å²) >= 11 is 0. The van der Waals surface area contributed by atoms with Gasteiger partial charge in [-0.3, -0.25) is 4.79 Å². The van der Waals surface area contributed by atoms with E-state index in [-0.39, 0.29) is 6.54 Å². The monoisotopic (exact) mass is 251 g/mol. The Kier molecular flexibility index (Phi) is 3.39. The quantitative estimate of drug-likeness (QED) is 0.842. The lowest BCUT2D eigenvalue weighted by atomic mass is 10.3. The lowest BCUT2D eigenvalue weighted by Crippen LogP contribution is -2.31. The second kappa shape index (κ2) is 4.44.